The fraction of sp³-hybridized carbons (Fsp3) is 0.214. The van der Waals surface area contributed by atoms with E-state index in [0.29, 0.717) is 6.42 Å². The van der Waals surface area contributed by atoms with Gasteiger partial charge in [0.2, 0.25) is 0 Å². The summed E-state index contributed by atoms with van der Waals surface area (Å²) in [6.45, 7) is 2.01. The molecule has 0 saturated carbocycles. The fourth-order valence-corrected chi connectivity index (χ4v) is 2.38. The van der Waals surface area contributed by atoms with Gasteiger partial charge in [0.1, 0.15) is 0 Å². The number of aromatic nitrogens is 1. The summed E-state index contributed by atoms with van der Waals surface area (Å²) in [5, 5.41) is 0.726. The van der Waals surface area contributed by atoms with Gasteiger partial charge in [0.25, 0.3) is 0 Å². The molecule has 1 aromatic heterocycles. The molecule has 18 heavy (non-hydrogen) atoms. The third-order valence-corrected chi connectivity index (χ3v) is 3.40. The first-order valence-corrected chi connectivity index (χ1v) is 6.85. The van der Waals surface area contributed by atoms with Crippen LogP contribution in [0.1, 0.15) is 22.9 Å². The van der Waals surface area contributed by atoms with E-state index in [4.69, 9.17) is 17.3 Å². The topological polar surface area (TPSA) is 38.9 Å². The van der Waals surface area contributed by atoms with E-state index in [1.54, 1.807) is 6.20 Å². The highest BCUT2D eigenvalue weighted by molar-refractivity contribution is 9.10. The van der Waals surface area contributed by atoms with Gasteiger partial charge in [-0.25, -0.2) is 0 Å². The van der Waals surface area contributed by atoms with Crippen LogP contribution in [-0.2, 0) is 6.42 Å². The number of pyridine rings is 1. The van der Waals surface area contributed by atoms with Crippen molar-refractivity contribution < 1.29 is 0 Å². The molecule has 1 heterocycles. The molecule has 4 heteroatoms. The maximum absolute atomic E-state index is 6.19. The van der Waals surface area contributed by atoms with Gasteiger partial charge >= 0.3 is 0 Å². The van der Waals surface area contributed by atoms with Crippen LogP contribution in [-0.4, -0.2) is 4.98 Å². The predicted molar refractivity (Wildman–Crippen MR) is 78.8 cm³/mol. The number of hydrogen-bond donors (Lipinski definition) is 1. The second-order valence-corrected chi connectivity index (χ2v) is 5.69. The van der Waals surface area contributed by atoms with Gasteiger partial charge in [-0.1, -0.05) is 17.7 Å². The normalized spacial score (nSPS) is 12.4. The lowest BCUT2D eigenvalue weighted by atomic mass is 10.0. The van der Waals surface area contributed by atoms with Crippen LogP contribution in [0.25, 0.3) is 0 Å². The van der Waals surface area contributed by atoms with Crippen molar-refractivity contribution in [2.45, 2.75) is 19.4 Å². The van der Waals surface area contributed by atoms with E-state index in [9.17, 15) is 0 Å². The van der Waals surface area contributed by atoms with Gasteiger partial charge in [0, 0.05) is 33.8 Å². The lowest BCUT2D eigenvalue weighted by Crippen LogP contribution is -2.14. The average molecular weight is 326 g/mol. The summed E-state index contributed by atoms with van der Waals surface area (Å²) < 4.78 is 0.971. The number of hydrogen-bond acceptors (Lipinski definition) is 2. The maximum atomic E-state index is 6.19. The van der Waals surface area contributed by atoms with E-state index < -0.39 is 0 Å². The molecule has 0 aliphatic carbocycles. The molecular formula is C14H14BrClN2. The number of halogens is 2. The molecule has 94 valence electrons. The van der Waals surface area contributed by atoms with E-state index in [2.05, 4.69) is 27.0 Å². The number of aryl methyl sites for hydroxylation is 1. The first kappa shape index (κ1) is 13.5. The quantitative estimate of drug-likeness (QED) is 0.924. The summed E-state index contributed by atoms with van der Waals surface area (Å²) in [4.78, 5) is 4.33. The minimum absolute atomic E-state index is 0.0870. The highest BCUT2D eigenvalue weighted by Gasteiger charge is 2.09. The molecule has 0 bridgehead atoms. The van der Waals surface area contributed by atoms with Gasteiger partial charge in [0.15, 0.2) is 0 Å². The minimum atomic E-state index is -0.0870. The lowest BCUT2D eigenvalue weighted by Gasteiger charge is -2.13. The number of benzene rings is 1. The molecule has 2 aromatic rings. The lowest BCUT2D eigenvalue weighted by molar-refractivity contribution is 0.706. The van der Waals surface area contributed by atoms with Gasteiger partial charge in [-0.15, -0.1) is 0 Å². The second-order valence-electron chi connectivity index (χ2n) is 4.34. The Hall–Kier alpha value is -0.900. The number of nitrogens with two attached hydrogens (primary N) is 1. The predicted octanol–water partition coefficient (Wildman–Crippen LogP) is 4.05. The third-order valence-electron chi connectivity index (χ3n) is 2.71. The first-order chi connectivity index (χ1) is 8.54. The Morgan fingerprint density at radius 3 is 2.72 bits per heavy atom. The zero-order chi connectivity index (χ0) is 13.1. The number of rotatable bonds is 3. The molecule has 2 rings (SSSR count). The van der Waals surface area contributed by atoms with Crippen molar-refractivity contribution in [2.75, 3.05) is 0 Å². The molecular weight excluding hydrogens is 312 g/mol. The van der Waals surface area contributed by atoms with Crippen molar-refractivity contribution in [3.63, 3.8) is 0 Å². The summed E-state index contributed by atoms with van der Waals surface area (Å²) in [5.74, 6) is 0. The Morgan fingerprint density at radius 2 is 2.11 bits per heavy atom. The van der Waals surface area contributed by atoms with Crippen molar-refractivity contribution in [2.24, 2.45) is 5.73 Å². The van der Waals surface area contributed by atoms with Crippen LogP contribution in [0.15, 0.2) is 41.0 Å². The van der Waals surface area contributed by atoms with Gasteiger partial charge in [-0.05, 0) is 58.2 Å². The zero-order valence-corrected chi connectivity index (χ0v) is 12.4. The molecule has 0 saturated heterocycles. The molecule has 0 amide bonds. The van der Waals surface area contributed by atoms with Gasteiger partial charge in [-0.2, -0.15) is 0 Å². The first-order valence-electron chi connectivity index (χ1n) is 5.67. The van der Waals surface area contributed by atoms with Crippen molar-refractivity contribution in [1.82, 2.24) is 4.98 Å². The second kappa shape index (κ2) is 5.83. The molecule has 1 aromatic carbocycles. The Balaban J connectivity index is 2.16. The summed E-state index contributed by atoms with van der Waals surface area (Å²) in [5.41, 5.74) is 9.34. The zero-order valence-electron chi connectivity index (χ0n) is 10.0. The van der Waals surface area contributed by atoms with E-state index in [1.165, 1.54) is 0 Å². The van der Waals surface area contributed by atoms with Crippen LogP contribution in [0.4, 0.5) is 0 Å². The van der Waals surface area contributed by atoms with Crippen LogP contribution in [0.3, 0.4) is 0 Å². The minimum Gasteiger partial charge on any atom is -0.324 e. The van der Waals surface area contributed by atoms with Gasteiger partial charge in [-0.3, -0.25) is 4.98 Å². The summed E-state index contributed by atoms with van der Waals surface area (Å²) in [6.07, 6.45) is 2.48. The Morgan fingerprint density at radius 1 is 1.33 bits per heavy atom. The summed E-state index contributed by atoms with van der Waals surface area (Å²) in [7, 11) is 0. The van der Waals surface area contributed by atoms with E-state index in [0.717, 1.165) is 26.3 Å². The highest BCUT2D eigenvalue weighted by Crippen LogP contribution is 2.21. The molecule has 0 aliphatic rings. The molecule has 0 radical (unpaired) electrons. The molecule has 0 fully saturated rings. The van der Waals surface area contributed by atoms with E-state index in [1.807, 2.05) is 31.2 Å². The van der Waals surface area contributed by atoms with Crippen molar-refractivity contribution in [3.05, 3.63) is 62.8 Å². The van der Waals surface area contributed by atoms with E-state index >= 15 is 0 Å². The van der Waals surface area contributed by atoms with Crippen LogP contribution in [0.5, 0.6) is 0 Å². The third kappa shape index (κ3) is 3.55. The summed E-state index contributed by atoms with van der Waals surface area (Å²) in [6, 6.07) is 9.76. The van der Waals surface area contributed by atoms with Crippen LogP contribution >= 0.6 is 27.5 Å². The maximum Gasteiger partial charge on any atom is 0.0423 e. The monoisotopic (exact) mass is 324 g/mol. The van der Waals surface area contributed by atoms with Crippen molar-refractivity contribution in [1.29, 1.82) is 0 Å². The molecule has 2 N–H and O–H groups in total. The number of nitrogens with zero attached hydrogens (tertiary/aromatic N) is 1. The molecule has 0 aliphatic heterocycles. The van der Waals surface area contributed by atoms with Gasteiger partial charge in [0.05, 0.1) is 0 Å². The highest BCUT2D eigenvalue weighted by atomic mass is 79.9. The van der Waals surface area contributed by atoms with Crippen LogP contribution in [0.2, 0.25) is 5.02 Å². The van der Waals surface area contributed by atoms with E-state index in [-0.39, 0.29) is 6.04 Å². The van der Waals surface area contributed by atoms with Crippen molar-refractivity contribution in [3.8, 4) is 0 Å². The van der Waals surface area contributed by atoms with Crippen molar-refractivity contribution >= 4 is 27.5 Å². The molecule has 0 spiro atoms. The molecule has 1 atom stereocenters. The standard InChI is InChI=1S/C14H14BrClN2/c1-9-4-10(6-12(16)5-9)14(17)7-13-3-2-11(15)8-18-13/h2-6,8,14H,7,17H2,1H3. The average Bonchev–Trinajstić information content (AvgIpc) is 2.31. The van der Waals surface area contributed by atoms with Gasteiger partial charge < -0.3 is 5.73 Å². The smallest absolute Gasteiger partial charge is 0.0423 e. The fourth-order valence-electron chi connectivity index (χ4n) is 1.85. The Labute approximate surface area is 120 Å². The Kier molecular flexibility index (Phi) is 4.38. The molecule has 2 nitrogen and oxygen atoms in total. The molecule has 1 unspecified atom stereocenters. The summed E-state index contributed by atoms with van der Waals surface area (Å²) >= 11 is 9.41. The largest absolute Gasteiger partial charge is 0.324 e. The Bertz CT molecular complexity index is 520. The van der Waals surface area contributed by atoms with Crippen LogP contribution in [0, 0.1) is 6.92 Å². The SMILES string of the molecule is Cc1cc(Cl)cc(C(N)Cc2ccc(Br)cn2)c1. The van der Waals surface area contributed by atoms with Crippen LogP contribution < -0.4 is 5.73 Å².